The van der Waals surface area contributed by atoms with Gasteiger partial charge in [0.2, 0.25) is 0 Å². The van der Waals surface area contributed by atoms with Gasteiger partial charge in [0, 0.05) is 10.9 Å². The summed E-state index contributed by atoms with van der Waals surface area (Å²) in [6.45, 7) is 0. The van der Waals surface area contributed by atoms with E-state index in [2.05, 4.69) is 11.1 Å². The molecule has 0 saturated carbocycles. The molecule has 0 spiro atoms. The van der Waals surface area contributed by atoms with E-state index in [1.165, 1.54) is 0 Å². The summed E-state index contributed by atoms with van der Waals surface area (Å²) in [4.78, 5) is 3.28. The molecule has 0 amide bonds. The summed E-state index contributed by atoms with van der Waals surface area (Å²) in [7, 11) is 0. The molecule has 0 bridgehead atoms. The van der Waals surface area contributed by atoms with Crippen LogP contribution in [0.25, 0.3) is 23.1 Å². The third-order valence-electron chi connectivity index (χ3n) is 3.09. The highest BCUT2D eigenvalue weighted by Crippen LogP contribution is 2.23. The van der Waals surface area contributed by atoms with Crippen LogP contribution in [0.1, 0.15) is 16.8 Å². The van der Waals surface area contributed by atoms with E-state index in [1.807, 2.05) is 66.7 Å². The van der Waals surface area contributed by atoms with Crippen LogP contribution in [0.5, 0.6) is 0 Å². The lowest BCUT2D eigenvalue weighted by atomic mass is 10.1. The van der Waals surface area contributed by atoms with Crippen molar-refractivity contribution in [2.75, 3.05) is 0 Å². The molecule has 1 aromatic heterocycles. The van der Waals surface area contributed by atoms with Crippen LogP contribution in [0.2, 0.25) is 0 Å². The first-order valence-corrected chi connectivity index (χ1v) is 6.12. The Labute approximate surface area is 111 Å². The number of aromatic amines is 1. The molecule has 3 rings (SSSR count). The van der Waals surface area contributed by atoms with Gasteiger partial charge < -0.3 is 4.98 Å². The topological polar surface area (TPSA) is 39.6 Å². The largest absolute Gasteiger partial charge is 0.354 e. The Hall–Kier alpha value is -2.79. The Morgan fingerprint density at radius 1 is 0.895 bits per heavy atom. The van der Waals surface area contributed by atoms with Crippen LogP contribution in [0, 0.1) is 11.3 Å². The Morgan fingerprint density at radius 2 is 1.63 bits per heavy atom. The van der Waals surface area contributed by atoms with Crippen LogP contribution in [-0.4, -0.2) is 4.98 Å². The van der Waals surface area contributed by atoms with E-state index >= 15 is 0 Å². The van der Waals surface area contributed by atoms with Crippen molar-refractivity contribution in [2.45, 2.75) is 0 Å². The molecular weight excluding hydrogens is 232 g/mol. The number of para-hydroxylation sites is 1. The molecule has 0 aliphatic rings. The summed E-state index contributed by atoms with van der Waals surface area (Å²) in [6.07, 6.45) is 3.96. The molecule has 2 aromatic carbocycles. The van der Waals surface area contributed by atoms with Crippen LogP contribution in [0.4, 0.5) is 0 Å². The van der Waals surface area contributed by atoms with Crippen LogP contribution in [0.3, 0.4) is 0 Å². The van der Waals surface area contributed by atoms with E-state index in [0.29, 0.717) is 5.56 Å². The molecule has 90 valence electrons. The summed E-state index contributed by atoms with van der Waals surface area (Å²) in [5, 5.41) is 10.3. The molecule has 2 nitrogen and oxygen atoms in total. The highest BCUT2D eigenvalue weighted by atomic mass is 14.7. The van der Waals surface area contributed by atoms with Gasteiger partial charge in [0.15, 0.2) is 0 Å². The zero-order valence-electron chi connectivity index (χ0n) is 10.3. The third-order valence-corrected chi connectivity index (χ3v) is 3.09. The maximum atomic E-state index is 9.30. The van der Waals surface area contributed by atoms with Crippen molar-refractivity contribution >= 4 is 23.1 Å². The molecule has 0 aliphatic heterocycles. The molecule has 0 fully saturated rings. The minimum absolute atomic E-state index is 0.697. The van der Waals surface area contributed by atoms with Gasteiger partial charge in [-0.3, -0.25) is 0 Å². The van der Waals surface area contributed by atoms with Gasteiger partial charge in [-0.15, -0.1) is 0 Å². The number of nitrogens with zero attached hydrogens (tertiary/aromatic N) is 1. The second-order valence-electron chi connectivity index (χ2n) is 4.32. The zero-order valence-corrected chi connectivity index (χ0v) is 10.3. The first-order valence-electron chi connectivity index (χ1n) is 6.12. The standard InChI is InChI=1S/C17H12N2/c18-12-15-14-8-4-5-9-16(14)19-17(15)11-10-13-6-2-1-3-7-13/h1-11,19H/b11-10+. The molecule has 0 saturated heterocycles. The van der Waals surface area contributed by atoms with E-state index in [1.54, 1.807) is 0 Å². The number of hydrogen-bond acceptors (Lipinski definition) is 1. The van der Waals surface area contributed by atoms with E-state index in [0.717, 1.165) is 22.2 Å². The minimum Gasteiger partial charge on any atom is -0.354 e. The summed E-state index contributed by atoms with van der Waals surface area (Å²) < 4.78 is 0. The molecule has 0 aliphatic carbocycles. The van der Waals surface area contributed by atoms with Crippen molar-refractivity contribution < 1.29 is 0 Å². The van der Waals surface area contributed by atoms with Crippen LogP contribution < -0.4 is 0 Å². The lowest BCUT2D eigenvalue weighted by Gasteiger charge is -1.92. The van der Waals surface area contributed by atoms with Gasteiger partial charge in [-0.1, -0.05) is 54.6 Å². The number of benzene rings is 2. The first-order chi connectivity index (χ1) is 9.38. The first kappa shape index (κ1) is 11.3. The van der Waals surface area contributed by atoms with Gasteiger partial charge in [-0.05, 0) is 17.7 Å². The van der Waals surface area contributed by atoms with Crippen LogP contribution in [-0.2, 0) is 0 Å². The molecule has 3 aromatic rings. The number of rotatable bonds is 2. The monoisotopic (exact) mass is 244 g/mol. The number of fused-ring (bicyclic) bond motifs is 1. The highest BCUT2D eigenvalue weighted by molar-refractivity contribution is 5.91. The lowest BCUT2D eigenvalue weighted by molar-refractivity contribution is 1.41. The smallest absolute Gasteiger partial charge is 0.102 e. The van der Waals surface area contributed by atoms with Crippen LogP contribution in [0.15, 0.2) is 54.6 Å². The molecule has 1 N–H and O–H groups in total. The third kappa shape index (κ3) is 2.14. The summed E-state index contributed by atoms with van der Waals surface area (Å²) in [5.41, 5.74) is 3.66. The van der Waals surface area contributed by atoms with E-state index in [4.69, 9.17) is 0 Å². The number of H-pyrrole nitrogens is 1. The fraction of sp³-hybridized carbons (Fsp3) is 0. The fourth-order valence-corrected chi connectivity index (χ4v) is 2.15. The molecular formula is C17H12N2. The Morgan fingerprint density at radius 3 is 2.42 bits per heavy atom. The predicted molar refractivity (Wildman–Crippen MR) is 78.4 cm³/mol. The molecule has 19 heavy (non-hydrogen) atoms. The number of nitriles is 1. The molecule has 0 atom stereocenters. The highest BCUT2D eigenvalue weighted by Gasteiger charge is 2.07. The van der Waals surface area contributed by atoms with Gasteiger partial charge in [-0.25, -0.2) is 0 Å². The lowest BCUT2D eigenvalue weighted by Crippen LogP contribution is -1.77. The average Bonchev–Trinajstić information content (AvgIpc) is 2.83. The van der Waals surface area contributed by atoms with Gasteiger partial charge in [0.1, 0.15) is 6.07 Å². The van der Waals surface area contributed by atoms with Gasteiger partial charge >= 0.3 is 0 Å². The van der Waals surface area contributed by atoms with Crippen molar-refractivity contribution in [3.63, 3.8) is 0 Å². The van der Waals surface area contributed by atoms with E-state index < -0.39 is 0 Å². The van der Waals surface area contributed by atoms with Gasteiger partial charge in [0.05, 0.1) is 11.3 Å². The van der Waals surface area contributed by atoms with Crippen molar-refractivity contribution in [3.8, 4) is 6.07 Å². The number of hydrogen-bond donors (Lipinski definition) is 1. The number of aromatic nitrogens is 1. The molecule has 1 heterocycles. The quantitative estimate of drug-likeness (QED) is 0.720. The zero-order chi connectivity index (χ0) is 13.1. The Bertz CT molecular complexity index is 774. The van der Waals surface area contributed by atoms with E-state index in [9.17, 15) is 5.26 Å². The second kappa shape index (κ2) is 4.83. The summed E-state index contributed by atoms with van der Waals surface area (Å²) in [6, 6.07) is 20.2. The maximum Gasteiger partial charge on any atom is 0.102 e. The SMILES string of the molecule is N#Cc1c(/C=C/c2ccccc2)[nH]c2ccccc12. The predicted octanol–water partition coefficient (Wildman–Crippen LogP) is 4.21. The molecule has 0 unspecified atom stereocenters. The fourth-order valence-electron chi connectivity index (χ4n) is 2.15. The maximum absolute atomic E-state index is 9.30. The summed E-state index contributed by atoms with van der Waals surface area (Å²) in [5.74, 6) is 0. The van der Waals surface area contributed by atoms with Crippen molar-refractivity contribution in [3.05, 3.63) is 71.4 Å². The summed E-state index contributed by atoms with van der Waals surface area (Å²) >= 11 is 0. The second-order valence-corrected chi connectivity index (χ2v) is 4.32. The average molecular weight is 244 g/mol. The van der Waals surface area contributed by atoms with E-state index in [-0.39, 0.29) is 0 Å². The number of nitrogens with one attached hydrogen (secondary N) is 1. The van der Waals surface area contributed by atoms with Crippen molar-refractivity contribution in [2.24, 2.45) is 0 Å². The minimum atomic E-state index is 0.697. The van der Waals surface area contributed by atoms with Gasteiger partial charge in [-0.2, -0.15) is 5.26 Å². The molecule has 2 heteroatoms. The van der Waals surface area contributed by atoms with Gasteiger partial charge in [0.25, 0.3) is 0 Å². The van der Waals surface area contributed by atoms with Crippen LogP contribution >= 0.6 is 0 Å². The Balaban J connectivity index is 2.06. The van der Waals surface area contributed by atoms with Crippen molar-refractivity contribution in [1.29, 1.82) is 5.26 Å². The normalized spacial score (nSPS) is 10.9. The van der Waals surface area contributed by atoms with Crippen molar-refractivity contribution in [1.82, 2.24) is 4.98 Å². The molecule has 0 radical (unpaired) electrons. The Kier molecular flexibility index (Phi) is 2.88.